The SMILES string of the molecule is CCCCOCCCNC(=NC)NCCCn1cccn1.I. The van der Waals surface area contributed by atoms with Crippen LogP contribution in [0.1, 0.15) is 32.6 Å². The lowest BCUT2D eigenvalue weighted by molar-refractivity contribution is 0.129. The number of aryl methyl sites for hydroxylation is 1. The summed E-state index contributed by atoms with van der Waals surface area (Å²) in [5.41, 5.74) is 0. The van der Waals surface area contributed by atoms with Crippen LogP contribution in [0.15, 0.2) is 23.5 Å². The maximum Gasteiger partial charge on any atom is 0.190 e. The molecule has 0 unspecified atom stereocenters. The molecule has 0 amide bonds. The van der Waals surface area contributed by atoms with Gasteiger partial charge in [-0.2, -0.15) is 5.10 Å². The zero-order valence-electron chi connectivity index (χ0n) is 13.8. The third-order valence-electron chi connectivity index (χ3n) is 3.04. The Kier molecular flexibility index (Phi) is 14.5. The van der Waals surface area contributed by atoms with Gasteiger partial charge in [0.25, 0.3) is 0 Å². The van der Waals surface area contributed by atoms with Crippen molar-refractivity contribution in [3.63, 3.8) is 0 Å². The minimum Gasteiger partial charge on any atom is -0.381 e. The van der Waals surface area contributed by atoms with Crippen LogP contribution in [0.25, 0.3) is 0 Å². The van der Waals surface area contributed by atoms with Gasteiger partial charge in [0.15, 0.2) is 5.96 Å². The predicted molar refractivity (Wildman–Crippen MR) is 102 cm³/mol. The van der Waals surface area contributed by atoms with Gasteiger partial charge < -0.3 is 15.4 Å². The number of unbranched alkanes of at least 4 members (excludes halogenated alkanes) is 1. The van der Waals surface area contributed by atoms with E-state index < -0.39 is 0 Å². The summed E-state index contributed by atoms with van der Waals surface area (Å²) in [4.78, 5) is 4.20. The van der Waals surface area contributed by atoms with E-state index in [1.54, 1.807) is 13.2 Å². The lowest BCUT2D eigenvalue weighted by Gasteiger charge is -2.12. The largest absolute Gasteiger partial charge is 0.381 e. The van der Waals surface area contributed by atoms with E-state index in [0.29, 0.717) is 0 Å². The predicted octanol–water partition coefficient (Wildman–Crippen LogP) is 2.26. The van der Waals surface area contributed by atoms with Gasteiger partial charge in [0.1, 0.15) is 0 Å². The van der Waals surface area contributed by atoms with Gasteiger partial charge in [0, 0.05) is 52.3 Å². The van der Waals surface area contributed by atoms with Crippen LogP contribution in [0.2, 0.25) is 0 Å². The van der Waals surface area contributed by atoms with Crippen LogP contribution in [0.4, 0.5) is 0 Å². The molecule has 0 aliphatic carbocycles. The van der Waals surface area contributed by atoms with Crippen molar-refractivity contribution < 1.29 is 4.74 Å². The van der Waals surface area contributed by atoms with Crippen molar-refractivity contribution >= 4 is 29.9 Å². The molecular formula is C15H30IN5O. The third-order valence-corrected chi connectivity index (χ3v) is 3.04. The summed E-state index contributed by atoms with van der Waals surface area (Å²) in [6.45, 7) is 6.53. The molecule has 0 atom stereocenters. The average Bonchev–Trinajstić information content (AvgIpc) is 3.01. The quantitative estimate of drug-likeness (QED) is 0.248. The molecule has 1 aromatic heterocycles. The summed E-state index contributed by atoms with van der Waals surface area (Å²) in [5, 5.41) is 10.8. The molecule has 0 aliphatic rings. The van der Waals surface area contributed by atoms with Gasteiger partial charge in [-0.3, -0.25) is 9.67 Å². The molecule has 0 aromatic carbocycles. The van der Waals surface area contributed by atoms with Crippen molar-refractivity contribution in [2.75, 3.05) is 33.4 Å². The van der Waals surface area contributed by atoms with E-state index in [1.807, 2.05) is 16.9 Å². The van der Waals surface area contributed by atoms with Crippen LogP contribution in [-0.4, -0.2) is 49.1 Å². The van der Waals surface area contributed by atoms with Gasteiger partial charge in [0.2, 0.25) is 0 Å². The fourth-order valence-electron chi connectivity index (χ4n) is 1.83. The minimum atomic E-state index is 0. The second kappa shape index (κ2) is 15.1. The van der Waals surface area contributed by atoms with Gasteiger partial charge in [0.05, 0.1) is 0 Å². The van der Waals surface area contributed by atoms with E-state index in [4.69, 9.17) is 4.74 Å². The molecule has 1 heterocycles. The van der Waals surface area contributed by atoms with E-state index in [-0.39, 0.29) is 24.0 Å². The topological polar surface area (TPSA) is 63.5 Å². The number of halogens is 1. The second-order valence-corrected chi connectivity index (χ2v) is 4.87. The molecular weight excluding hydrogens is 393 g/mol. The Labute approximate surface area is 151 Å². The van der Waals surface area contributed by atoms with Crippen LogP contribution in [0, 0.1) is 0 Å². The molecule has 6 nitrogen and oxygen atoms in total. The molecule has 1 aromatic rings. The van der Waals surface area contributed by atoms with E-state index in [9.17, 15) is 0 Å². The number of rotatable bonds is 11. The summed E-state index contributed by atoms with van der Waals surface area (Å²) in [5.74, 6) is 0.851. The number of nitrogens with zero attached hydrogens (tertiary/aromatic N) is 3. The van der Waals surface area contributed by atoms with Gasteiger partial charge in [-0.25, -0.2) is 0 Å². The van der Waals surface area contributed by atoms with E-state index in [0.717, 1.165) is 58.1 Å². The molecule has 1 rings (SSSR count). The fraction of sp³-hybridized carbons (Fsp3) is 0.733. The lowest BCUT2D eigenvalue weighted by atomic mass is 10.4. The van der Waals surface area contributed by atoms with E-state index in [2.05, 4.69) is 27.6 Å². The Morgan fingerprint density at radius 3 is 2.55 bits per heavy atom. The van der Waals surface area contributed by atoms with Gasteiger partial charge in [-0.15, -0.1) is 24.0 Å². The molecule has 0 saturated carbocycles. The first-order valence-corrected chi connectivity index (χ1v) is 7.86. The van der Waals surface area contributed by atoms with Gasteiger partial charge >= 0.3 is 0 Å². The Bertz CT molecular complexity index is 370. The first-order chi connectivity index (χ1) is 10.4. The maximum atomic E-state index is 5.52. The zero-order valence-corrected chi connectivity index (χ0v) is 16.1. The molecule has 0 bridgehead atoms. The zero-order chi connectivity index (χ0) is 15.2. The van der Waals surface area contributed by atoms with Crippen LogP contribution < -0.4 is 10.6 Å². The first-order valence-electron chi connectivity index (χ1n) is 7.86. The van der Waals surface area contributed by atoms with E-state index in [1.165, 1.54) is 6.42 Å². The number of ether oxygens (including phenoxy) is 1. The highest BCUT2D eigenvalue weighted by Gasteiger charge is 1.97. The molecule has 7 heteroatoms. The summed E-state index contributed by atoms with van der Waals surface area (Å²) in [6, 6.07) is 1.94. The summed E-state index contributed by atoms with van der Waals surface area (Å²) >= 11 is 0. The van der Waals surface area contributed by atoms with Gasteiger partial charge in [-0.05, 0) is 25.3 Å². The number of aromatic nitrogens is 2. The van der Waals surface area contributed by atoms with Crippen LogP contribution in [0.3, 0.4) is 0 Å². The first kappa shape index (κ1) is 21.2. The van der Waals surface area contributed by atoms with Crippen molar-refractivity contribution in [3.8, 4) is 0 Å². The number of nitrogens with one attached hydrogen (secondary N) is 2. The standard InChI is InChI=1S/C15H29N5O.HI/c1-3-4-13-21-14-7-9-18-15(16-2)17-8-5-11-20-12-6-10-19-20;/h6,10,12H,3-5,7-9,11,13-14H2,1-2H3,(H2,16,17,18);1H. The molecule has 2 N–H and O–H groups in total. The average molecular weight is 423 g/mol. The summed E-state index contributed by atoms with van der Waals surface area (Å²) in [7, 11) is 1.79. The normalized spacial score (nSPS) is 11.1. The highest BCUT2D eigenvalue weighted by atomic mass is 127. The molecule has 0 spiro atoms. The van der Waals surface area contributed by atoms with Crippen molar-refractivity contribution in [3.05, 3.63) is 18.5 Å². The third kappa shape index (κ3) is 10.8. The van der Waals surface area contributed by atoms with E-state index >= 15 is 0 Å². The highest BCUT2D eigenvalue weighted by Crippen LogP contribution is 1.90. The molecule has 0 radical (unpaired) electrons. The number of hydrogen-bond acceptors (Lipinski definition) is 3. The second-order valence-electron chi connectivity index (χ2n) is 4.87. The lowest BCUT2D eigenvalue weighted by Crippen LogP contribution is -2.38. The Hall–Kier alpha value is -0.830. The molecule has 0 saturated heterocycles. The van der Waals surface area contributed by atoms with Crippen LogP contribution >= 0.6 is 24.0 Å². The van der Waals surface area contributed by atoms with Crippen LogP contribution in [-0.2, 0) is 11.3 Å². The smallest absolute Gasteiger partial charge is 0.190 e. The number of hydrogen-bond donors (Lipinski definition) is 2. The maximum absolute atomic E-state index is 5.52. The van der Waals surface area contributed by atoms with Crippen LogP contribution in [0.5, 0.6) is 0 Å². The molecule has 0 aliphatic heterocycles. The summed E-state index contributed by atoms with van der Waals surface area (Å²) < 4.78 is 7.46. The molecule has 128 valence electrons. The Morgan fingerprint density at radius 1 is 1.18 bits per heavy atom. The van der Waals surface area contributed by atoms with Crippen molar-refractivity contribution in [2.45, 2.75) is 39.2 Å². The Morgan fingerprint density at radius 2 is 1.91 bits per heavy atom. The number of guanidine groups is 1. The number of aliphatic imine (C=N–C) groups is 1. The minimum absolute atomic E-state index is 0. The Balaban J connectivity index is 0.00000441. The molecule has 22 heavy (non-hydrogen) atoms. The summed E-state index contributed by atoms with van der Waals surface area (Å²) in [6.07, 6.45) is 8.13. The van der Waals surface area contributed by atoms with Gasteiger partial charge in [-0.1, -0.05) is 13.3 Å². The van der Waals surface area contributed by atoms with Crippen molar-refractivity contribution in [2.24, 2.45) is 4.99 Å². The molecule has 0 fully saturated rings. The fourth-order valence-corrected chi connectivity index (χ4v) is 1.83. The van der Waals surface area contributed by atoms with Crippen molar-refractivity contribution in [1.82, 2.24) is 20.4 Å². The van der Waals surface area contributed by atoms with Crippen molar-refractivity contribution in [1.29, 1.82) is 0 Å². The monoisotopic (exact) mass is 423 g/mol. The highest BCUT2D eigenvalue weighted by molar-refractivity contribution is 14.0.